The molecule has 2 aromatic carbocycles. The largest absolute Gasteiger partial charge is 0.497 e. The second-order valence-corrected chi connectivity index (χ2v) is 5.89. The summed E-state index contributed by atoms with van der Waals surface area (Å²) in [5, 5.41) is 0. The first-order valence-electron chi connectivity index (χ1n) is 7.95. The fourth-order valence-electron chi connectivity index (χ4n) is 2.73. The Kier molecular flexibility index (Phi) is 8.69. The lowest BCUT2D eigenvalue weighted by molar-refractivity contribution is 0.414. The van der Waals surface area contributed by atoms with E-state index in [9.17, 15) is 0 Å². The number of hydrogen-bond acceptors (Lipinski definition) is 1. The lowest BCUT2D eigenvalue weighted by atomic mass is 9.95. The summed E-state index contributed by atoms with van der Waals surface area (Å²) in [4.78, 5) is 0. The van der Waals surface area contributed by atoms with Crippen LogP contribution in [0.1, 0.15) is 37.3 Å². The molecule has 0 fully saturated rings. The highest BCUT2D eigenvalue weighted by molar-refractivity contribution is 5.85. The van der Waals surface area contributed by atoms with Gasteiger partial charge in [0.25, 0.3) is 0 Å². The third kappa shape index (κ3) is 6.53. The van der Waals surface area contributed by atoms with Gasteiger partial charge in [-0.2, -0.15) is 0 Å². The number of unbranched alkanes of at least 4 members (excludes halogenated alkanes) is 1. The molecule has 0 bridgehead atoms. The number of halogens is 1. The van der Waals surface area contributed by atoms with Gasteiger partial charge >= 0.3 is 0 Å². The first kappa shape index (κ1) is 18.6. The summed E-state index contributed by atoms with van der Waals surface area (Å²) in [7, 11) is 1.71. The molecule has 0 aliphatic carbocycles. The van der Waals surface area contributed by atoms with Crippen molar-refractivity contribution in [1.29, 1.82) is 0 Å². The quantitative estimate of drug-likeness (QED) is 0.566. The van der Waals surface area contributed by atoms with Crippen molar-refractivity contribution in [3.63, 3.8) is 0 Å². The Bertz CT molecular complexity index is 507. The van der Waals surface area contributed by atoms with Gasteiger partial charge in [-0.05, 0) is 48.4 Å². The average Bonchev–Trinajstić information content (AvgIpc) is 2.53. The molecule has 0 saturated heterocycles. The lowest BCUT2D eigenvalue weighted by Gasteiger charge is -2.12. The zero-order valence-electron chi connectivity index (χ0n) is 13.6. The molecular weight excluding hydrogens is 292 g/mol. The number of rotatable bonds is 8. The maximum atomic E-state index is 5.20. The second-order valence-electron chi connectivity index (χ2n) is 5.89. The Balaban J connectivity index is 0.00000242. The number of benzene rings is 2. The van der Waals surface area contributed by atoms with E-state index >= 15 is 0 Å². The van der Waals surface area contributed by atoms with Crippen LogP contribution in [-0.2, 0) is 12.8 Å². The minimum Gasteiger partial charge on any atom is -0.497 e. The first-order chi connectivity index (χ1) is 10.3. The number of hydrogen-bond donors (Lipinski definition) is 0. The molecule has 0 amide bonds. The third-order valence-electron chi connectivity index (χ3n) is 4.00. The molecule has 0 heterocycles. The van der Waals surface area contributed by atoms with E-state index in [0.717, 1.165) is 18.1 Å². The van der Waals surface area contributed by atoms with Gasteiger partial charge in [-0.25, -0.2) is 0 Å². The molecule has 2 heteroatoms. The molecule has 0 aliphatic heterocycles. The smallest absolute Gasteiger partial charge is 0.118 e. The van der Waals surface area contributed by atoms with Gasteiger partial charge < -0.3 is 4.74 Å². The predicted molar refractivity (Wildman–Crippen MR) is 97.1 cm³/mol. The van der Waals surface area contributed by atoms with Gasteiger partial charge in [-0.3, -0.25) is 0 Å². The van der Waals surface area contributed by atoms with Gasteiger partial charge in [0.1, 0.15) is 5.75 Å². The van der Waals surface area contributed by atoms with Crippen LogP contribution in [0.25, 0.3) is 0 Å². The van der Waals surface area contributed by atoms with E-state index in [1.165, 1.54) is 36.8 Å². The Morgan fingerprint density at radius 3 is 2.18 bits per heavy atom. The van der Waals surface area contributed by atoms with Crippen molar-refractivity contribution in [2.24, 2.45) is 5.92 Å². The van der Waals surface area contributed by atoms with Crippen LogP contribution in [0.2, 0.25) is 0 Å². The summed E-state index contributed by atoms with van der Waals surface area (Å²) in [5.41, 5.74) is 2.87. The van der Waals surface area contributed by atoms with Crippen LogP contribution in [0.15, 0.2) is 54.6 Å². The fraction of sp³-hybridized carbons (Fsp3) is 0.400. The van der Waals surface area contributed by atoms with Crippen LogP contribution >= 0.6 is 12.4 Å². The monoisotopic (exact) mass is 318 g/mol. The first-order valence-corrected chi connectivity index (χ1v) is 7.95. The Morgan fingerprint density at radius 2 is 1.55 bits per heavy atom. The number of aryl methyl sites for hydroxylation is 1. The molecule has 0 spiro atoms. The van der Waals surface area contributed by atoms with Crippen LogP contribution in [0, 0.1) is 5.92 Å². The summed E-state index contributed by atoms with van der Waals surface area (Å²) in [5.74, 6) is 1.68. The molecule has 0 saturated carbocycles. The van der Waals surface area contributed by atoms with Crippen molar-refractivity contribution in [2.75, 3.05) is 7.11 Å². The molecule has 0 aliphatic rings. The van der Waals surface area contributed by atoms with E-state index < -0.39 is 0 Å². The van der Waals surface area contributed by atoms with Crippen molar-refractivity contribution in [1.82, 2.24) is 0 Å². The van der Waals surface area contributed by atoms with E-state index in [-0.39, 0.29) is 12.4 Å². The molecule has 0 N–H and O–H groups in total. The van der Waals surface area contributed by atoms with E-state index in [1.807, 2.05) is 0 Å². The maximum absolute atomic E-state index is 5.20. The average molecular weight is 319 g/mol. The van der Waals surface area contributed by atoms with Crippen LogP contribution in [-0.4, -0.2) is 7.11 Å². The molecule has 0 radical (unpaired) electrons. The van der Waals surface area contributed by atoms with Gasteiger partial charge in [0.15, 0.2) is 0 Å². The van der Waals surface area contributed by atoms with Crippen molar-refractivity contribution < 1.29 is 4.74 Å². The summed E-state index contributed by atoms with van der Waals surface area (Å²) < 4.78 is 5.20. The van der Waals surface area contributed by atoms with Crippen LogP contribution in [0.3, 0.4) is 0 Å². The molecule has 22 heavy (non-hydrogen) atoms. The Labute approximate surface area is 141 Å². The van der Waals surface area contributed by atoms with Gasteiger partial charge in [-0.15, -0.1) is 12.4 Å². The summed E-state index contributed by atoms with van der Waals surface area (Å²) in [6.07, 6.45) is 6.27. The van der Waals surface area contributed by atoms with Crippen LogP contribution < -0.4 is 4.74 Å². The van der Waals surface area contributed by atoms with E-state index in [4.69, 9.17) is 4.74 Å². The fourth-order valence-corrected chi connectivity index (χ4v) is 2.73. The molecule has 2 rings (SSSR count). The molecule has 120 valence electrons. The van der Waals surface area contributed by atoms with Crippen molar-refractivity contribution >= 4 is 12.4 Å². The highest BCUT2D eigenvalue weighted by Gasteiger charge is 2.04. The number of ether oxygens (including phenoxy) is 1. The van der Waals surface area contributed by atoms with Crippen molar-refractivity contribution in [3.05, 3.63) is 65.7 Å². The summed E-state index contributed by atoms with van der Waals surface area (Å²) in [6.45, 7) is 2.35. The minimum atomic E-state index is 0. The van der Waals surface area contributed by atoms with E-state index in [0.29, 0.717) is 0 Å². The molecule has 1 unspecified atom stereocenters. The SMILES string of the molecule is COc1ccc(CC(C)CCCCc2ccccc2)cc1.Cl. The van der Waals surface area contributed by atoms with Gasteiger partial charge in [0.05, 0.1) is 7.11 Å². The zero-order chi connectivity index (χ0) is 14.9. The van der Waals surface area contributed by atoms with Crippen LogP contribution in [0.5, 0.6) is 5.75 Å². The van der Waals surface area contributed by atoms with Gasteiger partial charge in [0.2, 0.25) is 0 Å². The zero-order valence-corrected chi connectivity index (χ0v) is 14.4. The summed E-state index contributed by atoms with van der Waals surface area (Å²) in [6, 6.07) is 19.2. The Morgan fingerprint density at radius 1 is 0.864 bits per heavy atom. The number of methoxy groups -OCH3 is 1. The highest BCUT2D eigenvalue weighted by Crippen LogP contribution is 2.18. The van der Waals surface area contributed by atoms with Gasteiger partial charge in [0, 0.05) is 0 Å². The van der Waals surface area contributed by atoms with Crippen molar-refractivity contribution in [2.45, 2.75) is 39.0 Å². The summed E-state index contributed by atoms with van der Waals surface area (Å²) >= 11 is 0. The molecule has 1 nitrogen and oxygen atoms in total. The topological polar surface area (TPSA) is 9.23 Å². The van der Waals surface area contributed by atoms with Gasteiger partial charge in [-0.1, -0.05) is 62.2 Å². The predicted octanol–water partition coefficient (Wildman–Crippen LogP) is 5.71. The minimum absolute atomic E-state index is 0. The van der Waals surface area contributed by atoms with Crippen LogP contribution in [0.4, 0.5) is 0 Å². The van der Waals surface area contributed by atoms with Crippen molar-refractivity contribution in [3.8, 4) is 5.75 Å². The molecule has 2 aromatic rings. The molecular formula is C20H27ClO. The highest BCUT2D eigenvalue weighted by atomic mass is 35.5. The lowest BCUT2D eigenvalue weighted by Crippen LogP contribution is -2.00. The third-order valence-corrected chi connectivity index (χ3v) is 4.00. The van der Waals surface area contributed by atoms with E-state index in [1.54, 1.807) is 7.11 Å². The molecule has 0 aromatic heterocycles. The maximum Gasteiger partial charge on any atom is 0.118 e. The standard InChI is InChI=1S/C20H26O.ClH/c1-17(16-19-12-14-20(21-2)15-13-19)8-6-7-11-18-9-4-3-5-10-18;/h3-5,9-10,12-15,17H,6-8,11,16H2,1-2H3;1H. The Hall–Kier alpha value is -1.47. The normalized spacial score (nSPS) is 11.5. The molecule has 1 atom stereocenters. The second kappa shape index (κ2) is 10.3. The van der Waals surface area contributed by atoms with E-state index in [2.05, 4.69) is 61.5 Å².